The molecule has 0 aromatic heterocycles. The molecule has 0 saturated heterocycles. The molecule has 0 bridgehead atoms. The second kappa shape index (κ2) is 11.2. The van der Waals surface area contributed by atoms with Gasteiger partial charge in [-0.25, -0.2) is 0 Å². The molecule has 2 unspecified atom stereocenters. The molecule has 0 heterocycles. The van der Waals surface area contributed by atoms with E-state index in [-0.39, 0.29) is 28.0 Å². The molecule has 0 amide bonds. The predicted molar refractivity (Wildman–Crippen MR) is 132 cm³/mol. The summed E-state index contributed by atoms with van der Waals surface area (Å²) in [4.78, 5) is 1.18. The van der Waals surface area contributed by atoms with Crippen LogP contribution >= 0.6 is 0 Å². The number of hydrogen-bond acceptors (Lipinski definition) is 4. The first-order valence-corrected chi connectivity index (χ1v) is 10.9. The van der Waals surface area contributed by atoms with Crippen LogP contribution in [0.5, 0.6) is 11.5 Å². The van der Waals surface area contributed by atoms with Gasteiger partial charge >= 0.3 is 0 Å². The van der Waals surface area contributed by atoms with Crippen molar-refractivity contribution in [2.24, 2.45) is 0 Å². The van der Waals surface area contributed by atoms with Crippen LogP contribution in [0.25, 0.3) is 10.6 Å². The third kappa shape index (κ3) is 5.69. The molecule has 0 aliphatic heterocycles. The van der Waals surface area contributed by atoms with Crippen molar-refractivity contribution in [3.8, 4) is 11.5 Å². The molecule has 2 N–H and O–H groups in total. The van der Waals surface area contributed by atoms with Crippen LogP contribution in [-0.2, 0) is 41.7 Å². The standard InChI is InChI=1S/C26H22N2O2S2.Ni/c29-21-13-5-1-9-17(21)25(27-19-11-3-7-15-23(19)31)26(18-10-2-6-14-22(18)30)28-20-12-4-8-16-24(20)32;/h1-16,25-26,29-32H;/q-2;/p-2. The van der Waals surface area contributed by atoms with Crippen molar-refractivity contribution in [2.45, 2.75) is 21.9 Å². The summed E-state index contributed by atoms with van der Waals surface area (Å²) >= 11 is 11.0. The van der Waals surface area contributed by atoms with Crippen molar-refractivity contribution in [3.63, 3.8) is 0 Å². The Bertz CT molecular complexity index is 1130. The smallest absolute Gasteiger partial charge is 0.117 e. The first kappa shape index (κ1) is 24.7. The first-order valence-electron chi connectivity index (χ1n) is 10.0. The molecule has 0 aliphatic carbocycles. The SMILES string of the molecule is Oc1ccccc1C([N-]c1ccccc1[S-])C([N-]c1ccccc1[S-])c1ccccc1O.[Ni]. The van der Waals surface area contributed by atoms with E-state index in [1.807, 2.05) is 48.5 Å². The molecule has 4 nitrogen and oxygen atoms in total. The summed E-state index contributed by atoms with van der Waals surface area (Å²) in [5, 5.41) is 31.3. The van der Waals surface area contributed by atoms with Crippen LogP contribution in [0.3, 0.4) is 0 Å². The summed E-state index contributed by atoms with van der Waals surface area (Å²) in [6.07, 6.45) is 0. The molecule has 4 rings (SSSR count). The van der Waals surface area contributed by atoms with Crippen molar-refractivity contribution < 1.29 is 26.7 Å². The van der Waals surface area contributed by atoms with Gasteiger partial charge in [0.1, 0.15) is 11.5 Å². The fourth-order valence-electron chi connectivity index (χ4n) is 3.52. The number of phenols is 2. The normalized spacial score (nSPS) is 12.2. The summed E-state index contributed by atoms with van der Waals surface area (Å²) in [6, 6.07) is 27.4. The fraction of sp³-hybridized carbons (Fsp3) is 0.0769. The van der Waals surface area contributed by atoms with Crippen LogP contribution < -0.4 is 0 Å². The zero-order chi connectivity index (χ0) is 22.5. The molecule has 4 aromatic rings. The third-order valence-electron chi connectivity index (χ3n) is 5.10. The van der Waals surface area contributed by atoms with E-state index in [0.717, 1.165) is 0 Å². The van der Waals surface area contributed by atoms with Crippen molar-refractivity contribution >= 4 is 36.6 Å². The number of para-hydroxylation sites is 4. The van der Waals surface area contributed by atoms with Gasteiger partial charge in [0.15, 0.2) is 0 Å². The summed E-state index contributed by atoms with van der Waals surface area (Å²) in [5.74, 6) is 0.177. The maximum absolute atomic E-state index is 10.7. The van der Waals surface area contributed by atoms with Gasteiger partial charge in [-0.2, -0.15) is 21.2 Å². The largest absolute Gasteiger partial charge is 0.781 e. The van der Waals surface area contributed by atoms with Gasteiger partial charge < -0.3 is 46.1 Å². The van der Waals surface area contributed by atoms with Crippen LogP contribution in [0, 0.1) is 0 Å². The molecule has 7 heteroatoms. The Balaban J connectivity index is 0.00000306. The topological polar surface area (TPSA) is 68.7 Å². The monoisotopic (exact) mass is 514 g/mol. The van der Waals surface area contributed by atoms with E-state index >= 15 is 0 Å². The maximum Gasteiger partial charge on any atom is 0.117 e. The Morgan fingerprint density at radius 3 is 1.21 bits per heavy atom. The van der Waals surface area contributed by atoms with Crippen LogP contribution in [0.2, 0.25) is 0 Å². The molecule has 0 radical (unpaired) electrons. The van der Waals surface area contributed by atoms with Gasteiger partial charge in [-0.1, -0.05) is 97.0 Å². The minimum Gasteiger partial charge on any atom is -0.781 e. The fourth-order valence-corrected chi connectivity index (χ4v) is 3.92. The summed E-state index contributed by atoms with van der Waals surface area (Å²) < 4.78 is 0. The molecule has 0 spiro atoms. The molecule has 2 atom stereocenters. The number of nitrogens with zero attached hydrogens (tertiary/aromatic N) is 2. The number of hydrogen-bond donors (Lipinski definition) is 2. The number of rotatable bonds is 7. The Kier molecular flexibility index (Phi) is 8.39. The molecule has 33 heavy (non-hydrogen) atoms. The van der Waals surface area contributed by atoms with Crippen LogP contribution in [0.4, 0.5) is 11.4 Å². The molecular formula is C26H20N2NiO2S2-4. The second-order valence-electron chi connectivity index (χ2n) is 7.20. The quantitative estimate of drug-likeness (QED) is 0.204. The van der Waals surface area contributed by atoms with Crippen LogP contribution in [0.15, 0.2) is 107 Å². The Labute approximate surface area is 214 Å². The Morgan fingerprint density at radius 2 is 0.848 bits per heavy atom. The van der Waals surface area contributed by atoms with Gasteiger partial charge in [-0.05, 0) is 23.3 Å². The van der Waals surface area contributed by atoms with Gasteiger partial charge in [0, 0.05) is 16.5 Å². The third-order valence-corrected chi connectivity index (χ3v) is 5.79. The van der Waals surface area contributed by atoms with Gasteiger partial charge in [-0.15, -0.1) is 0 Å². The molecule has 0 aliphatic rings. The van der Waals surface area contributed by atoms with E-state index in [1.54, 1.807) is 48.5 Å². The second-order valence-corrected chi connectivity index (χ2v) is 8.08. The number of aromatic hydroxyl groups is 2. The average molecular weight is 515 g/mol. The minimum atomic E-state index is -0.664. The van der Waals surface area contributed by atoms with E-state index in [0.29, 0.717) is 32.3 Å². The van der Waals surface area contributed by atoms with Crippen molar-refractivity contribution in [1.82, 2.24) is 0 Å². The summed E-state index contributed by atoms with van der Waals surface area (Å²) in [6.45, 7) is 0. The first-order chi connectivity index (χ1) is 15.5. The summed E-state index contributed by atoms with van der Waals surface area (Å²) in [7, 11) is 0. The zero-order valence-electron chi connectivity index (χ0n) is 17.3. The number of phenolic OH excluding ortho intramolecular Hbond substituents is 2. The van der Waals surface area contributed by atoms with E-state index < -0.39 is 12.1 Å². The van der Waals surface area contributed by atoms with Crippen molar-refractivity contribution in [3.05, 3.63) is 119 Å². The maximum atomic E-state index is 10.7. The van der Waals surface area contributed by atoms with Crippen LogP contribution in [-0.4, -0.2) is 10.2 Å². The summed E-state index contributed by atoms with van der Waals surface area (Å²) in [5.41, 5.74) is 2.37. The molecule has 0 saturated carbocycles. The van der Waals surface area contributed by atoms with Crippen molar-refractivity contribution in [1.29, 1.82) is 0 Å². The number of benzene rings is 4. The Morgan fingerprint density at radius 1 is 0.515 bits per heavy atom. The van der Waals surface area contributed by atoms with Crippen molar-refractivity contribution in [2.75, 3.05) is 0 Å². The average Bonchev–Trinajstić information content (AvgIpc) is 2.80. The van der Waals surface area contributed by atoms with Crippen LogP contribution in [0.1, 0.15) is 23.2 Å². The Hall–Kier alpha value is -2.99. The molecule has 0 fully saturated rings. The predicted octanol–water partition coefficient (Wildman–Crippen LogP) is 7.10. The van der Waals surface area contributed by atoms with E-state index in [4.69, 9.17) is 35.9 Å². The van der Waals surface area contributed by atoms with Gasteiger partial charge in [0.2, 0.25) is 0 Å². The van der Waals surface area contributed by atoms with E-state index in [2.05, 4.69) is 0 Å². The molecular weight excluding hydrogens is 495 g/mol. The molecule has 172 valence electrons. The zero-order valence-corrected chi connectivity index (χ0v) is 19.9. The minimum absolute atomic E-state index is 0. The molecule has 4 aromatic carbocycles. The van der Waals surface area contributed by atoms with Gasteiger partial charge in [0.25, 0.3) is 0 Å². The van der Waals surface area contributed by atoms with E-state index in [9.17, 15) is 10.2 Å². The van der Waals surface area contributed by atoms with E-state index in [1.165, 1.54) is 0 Å². The van der Waals surface area contributed by atoms with Gasteiger partial charge in [-0.3, -0.25) is 0 Å². The van der Waals surface area contributed by atoms with Gasteiger partial charge in [0.05, 0.1) is 0 Å².